The molecule has 7 heteroatoms. The molecule has 0 radical (unpaired) electrons. The number of non-ortho nitro benzene ring substituents is 1. The summed E-state index contributed by atoms with van der Waals surface area (Å²) >= 11 is 10.7. The fourth-order valence-electron chi connectivity index (χ4n) is 0.948. The second-order valence-corrected chi connectivity index (χ2v) is 3.80. The lowest BCUT2D eigenvalue weighted by Crippen LogP contribution is -2.18. The number of nitrogens with one attached hydrogen (secondary N) is 1. The van der Waals surface area contributed by atoms with Crippen molar-refractivity contribution >= 4 is 28.9 Å². The van der Waals surface area contributed by atoms with E-state index in [0.717, 1.165) is 13.1 Å². The topological polar surface area (TPSA) is 79.0 Å². The summed E-state index contributed by atoms with van der Waals surface area (Å²) in [6.45, 7) is 1.71. The number of nitriles is 1. The quantitative estimate of drug-likeness (QED) is 0.391. The van der Waals surface area contributed by atoms with Gasteiger partial charge in [0.05, 0.1) is 16.6 Å². The minimum Gasteiger partial charge on any atom is -0.314 e. The van der Waals surface area contributed by atoms with Gasteiger partial charge in [0.2, 0.25) is 0 Å². The summed E-state index contributed by atoms with van der Waals surface area (Å²) in [7, 11) is 0. The zero-order chi connectivity index (χ0) is 13.8. The van der Waals surface area contributed by atoms with Gasteiger partial charge in [-0.05, 0) is 6.07 Å². The number of hydrogen-bond donors (Lipinski definition) is 1. The van der Waals surface area contributed by atoms with Crippen molar-refractivity contribution in [2.75, 3.05) is 24.8 Å². The van der Waals surface area contributed by atoms with Crippen LogP contribution in [-0.4, -0.2) is 29.8 Å². The van der Waals surface area contributed by atoms with E-state index in [4.69, 9.17) is 28.5 Å². The van der Waals surface area contributed by atoms with Gasteiger partial charge in [0.25, 0.3) is 5.69 Å². The fraction of sp³-hybridized carbons (Fsp3) is 0.364. The van der Waals surface area contributed by atoms with E-state index < -0.39 is 4.92 Å². The predicted molar refractivity (Wildman–Crippen MR) is 72.1 cm³/mol. The highest BCUT2D eigenvalue weighted by Crippen LogP contribution is 2.11. The van der Waals surface area contributed by atoms with Gasteiger partial charge >= 0.3 is 0 Å². The van der Waals surface area contributed by atoms with Gasteiger partial charge < -0.3 is 5.32 Å². The molecule has 5 nitrogen and oxygen atoms in total. The van der Waals surface area contributed by atoms with Crippen LogP contribution in [0.4, 0.5) is 5.69 Å². The molecule has 0 aliphatic rings. The molecule has 0 amide bonds. The van der Waals surface area contributed by atoms with E-state index in [1.165, 1.54) is 24.3 Å². The summed E-state index contributed by atoms with van der Waals surface area (Å²) in [4.78, 5) is 9.64. The largest absolute Gasteiger partial charge is 0.314 e. The molecule has 98 valence electrons. The predicted octanol–water partition coefficient (Wildman–Crippen LogP) is 2.52. The van der Waals surface area contributed by atoms with Gasteiger partial charge in [-0.15, -0.1) is 23.2 Å². The number of benzene rings is 1. The van der Waals surface area contributed by atoms with E-state index >= 15 is 0 Å². The van der Waals surface area contributed by atoms with Gasteiger partial charge in [0, 0.05) is 37.0 Å². The molecule has 0 aliphatic carbocycles. The van der Waals surface area contributed by atoms with Crippen LogP contribution in [0, 0.1) is 21.4 Å². The van der Waals surface area contributed by atoms with Gasteiger partial charge in [0.15, 0.2) is 0 Å². The van der Waals surface area contributed by atoms with Crippen LogP contribution in [0.1, 0.15) is 5.56 Å². The van der Waals surface area contributed by atoms with Crippen molar-refractivity contribution in [3.63, 3.8) is 0 Å². The van der Waals surface area contributed by atoms with Crippen LogP contribution in [-0.2, 0) is 0 Å². The Morgan fingerprint density at radius 2 is 1.94 bits per heavy atom. The van der Waals surface area contributed by atoms with Gasteiger partial charge in [-0.3, -0.25) is 10.1 Å². The number of halogens is 2. The third-order valence-electron chi connectivity index (χ3n) is 1.73. The summed E-state index contributed by atoms with van der Waals surface area (Å²) in [6.07, 6.45) is 0. The molecule has 1 aromatic carbocycles. The van der Waals surface area contributed by atoms with E-state index in [0.29, 0.717) is 17.3 Å². The van der Waals surface area contributed by atoms with E-state index in [9.17, 15) is 10.1 Å². The molecule has 0 fully saturated rings. The minimum atomic E-state index is -0.527. The van der Waals surface area contributed by atoms with Crippen LogP contribution < -0.4 is 5.32 Å². The Balaban J connectivity index is 0.000000360. The maximum absolute atomic E-state index is 10.2. The summed E-state index contributed by atoms with van der Waals surface area (Å²) in [5.41, 5.74) is 0.253. The number of rotatable bonds is 5. The molecule has 0 aliphatic heterocycles. The zero-order valence-electron chi connectivity index (χ0n) is 9.60. The maximum atomic E-state index is 10.2. The lowest BCUT2D eigenvalue weighted by molar-refractivity contribution is -0.384. The average molecular weight is 290 g/mol. The summed E-state index contributed by atoms with van der Waals surface area (Å²) in [5, 5.41) is 21.6. The number of alkyl halides is 2. The number of hydrogen-bond acceptors (Lipinski definition) is 4. The molecule has 0 spiro atoms. The van der Waals surface area contributed by atoms with Gasteiger partial charge in [-0.1, -0.05) is 6.07 Å². The van der Waals surface area contributed by atoms with Crippen molar-refractivity contribution < 1.29 is 4.92 Å². The van der Waals surface area contributed by atoms with Crippen molar-refractivity contribution in [1.29, 1.82) is 5.26 Å². The molecular formula is C11H13Cl2N3O2. The smallest absolute Gasteiger partial charge is 0.270 e. The molecule has 0 bridgehead atoms. The Hall–Kier alpha value is -1.35. The van der Waals surface area contributed by atoms with Crippen molar-refractivity contribution in [1.82, 2.24) is 5.32 Å². The Labute approximate surface area is 115 Å². The average Bonchev–Trinajstić information content (AvgIpc) is 2.40. The highest BCUT2D eigenvalue weighted by atomic mass is 35.5. The molecule has 0 unspecified atom stereocenters. The number of nitrogens with zero attached hydrogens (tertiary/aromatic N) is 2. The lowest BCUT2D eigenvalue weighted by Gasteiger charge is -1.93. The summed E-state index contributed by atoms with van der Waals surface area (Å²) in [6, 6.07) is 7.41. The van der Waals surface area contributed by atoms with Crippen LogP contribution in [0.3, 0.4) is 0 Å². The van der Waals surface area contributed by atoms with Crippen molar-refractivity contribution in [2.45, 2.75) is 0 Å². The first-order valence-electron chi connectivity index (χ1n) is 5.13. The molecule has 1 aromatic rings. The molecular weight excluding hydrogens is 277 g/mol. The summed E-state index contributed by atoms with van der Waals surface area (Å²) in [5.74, 6) is 1.33. The molecule has 1 rings (SSSR count). The Morgan fingerprint density at radius 3 is 2.39 bits per heavy atom. The molecule has 0 atom stereocenters. The SMILES string of the molecule is ClCCNCCCl.N#Cc1cccc([N+](=O)[O-])c1. The number of nitro benzene ring substituents is 1. The third-order valence-corrected chi connectivity index (χ3v) is 2.11. The van der Waals surface area contributed by atoms with E-state index in [-0.39, 0.29) is 5.69 Å². The second kappa shape index (κ2) is 10.8. The molecule has 0 heterocycles. The van der Waals surface area contributed by atoms with Crippen LogP contribution in [0.5, 0.6) is 0 Å². The van der Waals surface area contributed by atoms with Crippen LogP contribution in [0.15, 0.2) is 24.3 Å². The van der Waals surface area contributed by atoms with Crippen molar-refractivity contribution in [3.05, 3.63) is 39.9 Å². The van der Waals surface area contributed by atoms with Gasteiger partial charge in [0.1, 0.15) is 0 Å². The molecule has 18 heavy (non-hydrogen) atoms. The standard InChI is InChI=1S/C7H4N2O2.C4H9Cl2N/c8-5-6-2-1-3-7(4-6)9(10)11;5-1-3-7-4-2-6/h1-4H;7H,1-4H2. The lowest BCUT2D eigenvalue weighted by atomic mass is 10.2. The van der Waals surface area contributed by atoms with E-state index in [1.54, 1.807) is 0 Å². The Bertz CT molecular complexity index is 404. The molecule has 1 N–H and O–H groups in total. The second-order valence-electron chi connectivity index (χ2n) is 3.05. The first-order chi connectivity index (χ1) is 8.65. The zero-order valence-corrected chi connectivity index (χ0v) is 11.1. The van der Waals surface area contributed by atoms with Crippen LogP contribution >= 0.6 is 23.2 Å². The molecule has 0 saturated carbocycles. The van der Waals surface area contributed by atoms with Crippen molar-refractivity contribution in [3.8, 4) is 6.07 Å². The van der Waals surface area contributed by atoms with Crippen LogP contribution in [0.2, 0.25) is 0 Å². The van der Waals surface area contributed by atoms with Crippen molar-refractivity contribution in [2.24, 2.45) is 0 Å². The monoisotopic (exact) mass is 289 g/mol. The van der Waals surface area contributed by atoms with Gasteiger partial charge in [-0.25, -0.2) is 0 Å². The maximum Gasteiger partial charge on any atom is 0.270 e. The van der Waals surface area contributed by atoms with Crippen LogP contribution in [0.25, 0.3) is 0 Å². The minimum absolute atomic E-state index is 0.0518. The van der Waals surface area contributed by atoms with E-state index in [1.807, 2.05) is 6.07 Å². The summed E-state index contributed by atoms with van der Waals surface area (Å²) < 4.78 is 0. The first kappa shape index (κ1) is 16.6. The fourth-order valence-corrected chi connectivity index (χ4v) is 1.21. The molecule has 0 aromatic heterocycles. The van der Waals surface area contributed by atoms with E-state index in [2.05, 4.69) is 5.32 Å². The first-order valence-corrected chi connectivity index (χ1v) is 6.19. The highest BCUT2D eigenvalue weighted by Gasteiger charge is 2.03. The highest BCUT2D eigenvalue weighted by molar-refractivity contribution is 6.18. The molecule has 0 saturated heterocycles. The Kier molecular flexibility index (Phi) is 9.97. The normalized spacial score (nSPS) is 8.94. The Morgan fingerprint density at radius 1 is 1.33 bits per heavy atom. The number of nitro groups is 1. The third kappa shape index (κ3) is 7.85. The van der Waals surface area contributed by atoms with Gasteiger partial charge in [-0.2, -0.15) is 5.26 Å².